The van der Waals surface area contributed by atoms with E-state index >= 15 is 0 Å². The zero-order valence-corrected chi connectivity index (χ0v) is 15.7. The molecule has 0 spiro atoms. The first-order valence-corrected chi connectivity index (χ1v) is 9.85. The van der Waals surface area contributed by atoms with Gasteiger partial charge in [0, 0.05) is 6.20 Å². The minimum absolute atomic E-state index is 0.111. The van der Waals surface area contributed by atoms with Crippen molar-refractivity contribution in [3.8, 4) is 11.5 Å². The van der Waals surface area contributed by atoms with Gasteiger partial charge < -0.3 is 9.47 Å². The Morgan fingerprint density at radius 1 is 1.15 bits per heavy atom. The Bertz CT molecular complexity index is 1100. The molecule has 8 heteroatoms. The molecule has 1 atom stereocenters. The van der Waals surface area contributed by atoms with E-state index in [0.717, 1.165) is 11.1 Å². The van der Waals surface area contributed by atoms with Crippen LogP contribution in [0, 0.1) is 13.8 Å². The van der Waals surface area contributed by atoms with Gasteiger partial charge in [-0.1, -0.05) is 17.7 Å². The van der Waals surface area contributed by atoms with Gasteiger partial charge in [0.05, 0.1) is 15.8 Å². The molecular formula is C19H18N2O5S. The molecule has 2 heterocycles. The number of benzene rings is 2. The van der Waals surface area contributed by atoms with Gasteiger partial charge in [-0.3, -0.25) is 4.18 Å². The molecule has 4 rings (SSSR count). The monoisotopic (exact) mass is 386 g/mol. The predicted octanol–water partition coefficient (Wildman–Crippen LogP) is 2.79. The third-order valence-corrected chi connectivity index (χ3v) is 5.52. The van der Waals surface area contributed by atoms with Crippen molar-refractivity contribution in [2.45, 2.75) is 24.8 Å². The van der Waals surface area contributed by atoms with Gasteiger partial charge in [0.2, 0.25) is 0 Å². The molecule has 2 aromatic carbocycles. The summed E-state index contributed by atoms with van der Waals surface area (Å²) in [7, 11) is -3.86. The lowest BCUT2D eigenvalue weighted by atomic mass is 10.2. The van der Waals surface area contributed by atoms with Crippen LogP contribution in [-0.4, -0.2) is 37.7 Å². The molecule has 0 N–H and O–H groups in total. The van der Waals surface area contributed by atoms with Gasteiger partial charge in [-0.2, -0.15) is 8.42 Å². The average Bonchev–Trinajstić information content (AvgIpc) is 2.66. The number of rotatable bonds is 4. The molecule has 0 fully saturated rings. The van der Waals surface area contributed by atoms with Crippen molar-refractivity contribution in [1.29, 1.82) is 0 Å². The number of hydrogen-bond donors (Lipinski definition) is 0. The second-order valence-corrected chi connectivity index (χ2v) is 7.96. The van der Waals surface area contributed by atoms with Crippen LogP contribution in [0.4, 0.5) is 0 Å². The van der Waals surface area contributed by atoms with Crippen LogP contribution < -0.4 is 9.47 Å². The van der Waals surface area contributed by atoms with Crippen molar-refractivity contribution < 1.29 is 22.1 Å². The van der Waals surface area contributed by atoms with E-state index < -0.39 is 16.2 Å². The van der Waals surface area contributed by atoms with E-state index in [4.69, 9.17) is 13.7 Å². The Labute approximate surface area is 157 Å². The Morgan fingerprint density at radius 2 is 1.93 bits per heavy atom. The first-order chi connectivity index (χ1) is 12.9. The SMILES string of the molecule is Cc1ccc(S(=O)(=O)OCC2COc3ccc4nc(C)ncc4c3O2)cc1. The molecule has 1 aliphatic rings. The van der Waals surface area contributed by atoms with Crippen molar-refractivity contribution >= 4 is 21.0 Å². The fourth-order valence-corrected chi connectivity index (χ4v) is 3.73. The first-order valence-electron chi connectivity index (χ1n) is 8.44. The van der Waals surface area contributed by atoms with Gasteiger partial charge in [-0.25, -0.2) is 9.97 Å². The second kappa shape index (κ2) is 6.79. The standard InChI is InChI=1S/C19H18N2O5S/c1-12-3-5-15(6-4-12)27(22,23)25-11-14-10-24-18-8-7-17-16(19(18)26-14)9-20-13(2)21-17/h3-9,14H,10-11H2,1-2H3. The normalized spacial score (nSPS) is 16.4. The van der Waals surface area contributed by atoms with Crippen molar-refractivity contribution in [2.24, 2.45) is 0 Å². The van der Waals surface area contributed by atoms with Crippen LogP contribution >= 0.6 is 0 Å². The van der Waals surface area contributed by atoms with Crippen molar-refractivity contribution in [2.75, 3.05) is 13.2 Å². The molecule has 0 radical (unpaired) electrons. The highest BCUT2D eigenvalue weighted by Gasteiger charge is 2.26. The summed E-state index contributed by atoms with van der Waals surface area (Å²) in [6, 6.07) is 10.1. The van der Waals surface area contributed by atoms with Gasteiger partial charge in [0.1, 0.15) is 19.0 Å². The van der Waals surface area contributed by atoms with Crippen LogP contribution in [0.2, 0.25) is 0 Å². The van der Waals surface area contributed by atoms with E-state index in [1.807, 2.05) is 19.9 Å². The highest BCUT2D eigenvalue weighted by atomic mass is 32.2. The van der Waals surface area contributed by atoms with E-state index in [2.05, 4.69) is 9.97 Å². The lowest BCUT2D eigenvalue weighted by molar-refractivity contribution is 0.0571. The maximum Gasteiger partial charge on any atom is 0.297 e. The molecule has 1 unspecified atom stereocenters. The van der Waals surface area contributed by atoms with Gasteiger partial charge >= 0.3 is 0 Å². The molecule has 0 saturated carbocycles. The summed E-state index contributed by atoms with van der Waals surface area (Å²) >= 11 is 0. The molecule has 27 heavy (non-hydrogen) atoms. The Kier molecular flexibility index (Phi) is 4.45. The summed E-state index contributed by atoms with van der Waals surface area (Å²) in [4.78, 5) is 8.68. The summed E-state index contributed by atoms with van der Waals surface area (Å²) in [6.45, 7) is 3.73. The number of fused-ring (bicyclic) bond motifs is 3. The van der Waals surface area contributed by atoms with Gasteiger partial charge in [-0.05, 0) is 38.1 Å². The van der Waals surface area contributed by atoms with E-state index in [1.165, 1.54) is 12.1 Å². The van der Waals surface area contributed by atoms with Crippen LogP contribution in [-0.2, 0) is 14.3 Å². The summed E-state index contributed by atoms with van der Waals surface area (Å²) < 4.78 is 41.5. The highest BCUT2D eigenvalue weighted by molar-refractivity contribution is 7.86. The number of ether oxygens (including phenoxy) is 2. The summed E-state index contributed by atoms with van der Waals surface area (Å²) in [5, 5.41) is 0.712. The molecule has 1 aliphatic heterocycles. The Morgan fingerprint density at radius 3 is 2.70 bits per heavy atom. The molecule has 0 bridgehead atoms. The maximum atomic E-state index is 12.3. The van der Waals surface area contributed by atoms with Gasteiger partial charge in [-0.15, -0.1) is 0 Å². The highest BCUT2D eigenvalue weighted by Crippen LogP contribution is 2.38. The zero-order valence-electron chi connectivity index (χ0n) is 14.9. The Balaban J connectivity index is 1.52. The summed E-state index contributed by atoms with van der Waals surface area (Å²) in [5.41, 5.74) is 1.71. The minimum atomic E-state index is -3.86. The summed E-state index contributed by atoms with van der Waals surface area (Å²) in [6.07, 6.45) is 1.11. The summed E-state index contributed by atoms with van der Waals surface area (Å²) in [5.74, 6) is 1.73. The molecule has 0 saturated heterocycles. The van der Waals surface area contributed by atoms with Crippen LogP contribution in [0.25, 0.3) is 10.9 Å². The van der Waals surface area contributed by atoms with Crippen molar-refractivity contribution in [1.82, 2.24) is 9.97 Å². The van der Waals surface area contributed by atoms with Crippen LogP contribution in [0.5, 0.6) is 11.5 Å². The van der Waals surface area contributed by atoms with E-state index in [-0.39, 0.29) is 18.1 Å². The second-order valence-electron chi connectivity index (χ2n) is 6.35. The largest absolute Gasteiger partial charge is 0.486 e. The Hall–Kier alpha value is -2.71. The fraction of sp³-hybridized carbons (Fsp3) is 0.263. The predicted molar refractivity (Wildman–Crippen MR) is 98.5 cm³/mol. The van der Waals surface area contributed by atoms with E-state index in [0.29, 0.717) is 22.7 Å². The number of aromatic nitrogens is 2. The molecule has 7 nitrogen and oxygen atoms in total. The molecule has 3 aromatic rings. The fourth-order valence-electron chi connectivity index (χ4n) is 2.79. The average molecular weight is 386 g/mol. The van der Waals surface area contributed by atoms with Crippen LogP contribution in [0.15, 0.2) is 47.5 Å². The van der Waals surface area contributed by atoms with Crippen LogP contribution in [0.1, 0.15) is 11.4 Å². The smallest absolute Gasteiger partial charge is 0.297 e. The zero-order chi connectivity index (χ0) is 19.0. The molecule has 140 valence electrons. The van der Waals surface area contributed by atoms with E-state index in [9.17, 15) is 8.42 Å². The topological polar surface area (TPSA) is 87.6 Å². The first kappa shape index (κ1) is 17.7. The van der Waals surface area contributed by atoms with Crippen molar-refractivity contribution in [3.63, 3.8) is 0 Å². The lowest BCUT2D eigenvalue weighted by Crippen LogP contribution is -2.34. The molecule has 0 aliphatic carbocycles. The van der Waals surface area contributed by atoms with Crippen molar-refractivity contribution in [3.05, 3.63) is 54.0 Å². The van der Waals surface area contributed by atoms with Gasteiger partial charge in [0.15, 0.2) is 17.6 Å². The van der Waals surface area contributed by atoms with E-state index in [1.54, 1.807) is 24.4 Å². The number of aryl methyl sites for hydroxylation is 2. The minimum Gasteiger partial charge on any atom is -0.486 e. The molecule has 0 amide bonds. The molecule has 1 aromatic heterocycles. The van der Waals surface area contributed by atoms with Gasteiger partial charge in [0.25, 0.3) is 10.1 Å². The quantitative estimate of drug-likeness (QED) is 0.637. The number of hydrogen-bond acceptors (Lipinski definition) is 7. The van der Waals surface area contributed by atoms with Crippen LogP contribution in [0.3, 0.4) is 0 Å². The third-order valence-electron chi connectivity index (χ3n) is 4.23. The lowest BCUT2D eigenvalue weighted by Gasteiger charge is -2.27. The number of nitrogens with zero attached hydrogens (tertiary/aromatic N) is 2. The maximum absolute atomic E-state index is 12.3. The third kappa shape index (κ3) is 3.58. The molecular weight excluding hydrogens is 368 g/mol.